The molecule has 2 atom stereocenters. The highest BCUT2D eigenvalue weighted by molar-refractivity contribution is 6.62. The van der Waals surface area contributed by atoms with Crippen molar-refractivity contribution >= 4 is 18.7 Å². The van der Waals surface area contributed by atoms with Gasteiger partial charge in [0.25, 0.3) is 0 Å². The van der Waals surface area contributed by atoms with E-state index in [4.69, 9.17) is 23.6 Å². The molecule has 8 nitrogen and oxygen atoms in total. The summed E-state index contributed by atoms with van der Waals surface area (Å²) in [5.74, 6) is 0.00443. The monoisotopic (exact) mass is 407 g/mol. The number of hydrogen-bond acceptors (Lipinski definition) is 7. The molecule has 0 aliphatic carbocycles. The largest absolute Gasteiger partial charge is 0.495 e. The molecule has 1 saturated heterocycles. The molecule has 0 spiro atoms. The van der Waals surface area contributed by atoms with Crippen LogP contribution in [0.4, 0.5) is 4.79 Å². The van der Waals surface area contributed by atoms with Gasteiger partial charge in [-0.3, -0.25) is 0 Å². The molecule has 29 heavy (non-hydrogen) atoms. The van der Waals surface area contributed by atoms with Crippen LogP contribution in [-0.4, -0.2) is 55.5 Å². The average Bonchev–Trinajstić information content (AvgIpc) is 3.11. The number of carbonyl (C=O) groups is 1. The van der Waals surface area contributed by atoms with Crippen molar-refractivity contribution in [1.82, 2.24) is 5.32 Å². The van der Waals surface area contributed by atoms with E-state index in [1.54, 1.807) is 26.8 Å². The van der Waals surface area contributed by atoms with Gasteiger partial charge in [0.05, 0.1) is 25.4 Å². The summed E-state index contributed by atoms with van der Waals surface area (Å²) in [6, 6.07) is 5.50. The molecule has 1 aromatic carbocycles. The van der Waals surface area contributed by atoms with Crippen LogP contribution < -0.4 is 15.5 Å². The molecule has 1 amide bonds. The first kappa shape index (κ1) is 21.9. The summed E-state index contributed by atoms with van der Waals surface area (Å²) < 4.78 is 28.1. The molecular formula is C20H30BNO7. The summed E-state index contributed by atoms with van der Waals surface area (Å²) in [6.07, 6.45) is -0.358. The number of amides is 1. The van der Waals surface area contributed by atoms with Gasteiger partial charge in [-0.1, -0.05) is 12.1 Å². The molecule has 9 heteroatoms. The first-order chi connectivity index (χ1) is 13.5. The number of rotatable bonds is 6. The Kier molecular flexibility index (Phi) is 6.43. The minimum Gasteiger partial charge on any atom is -0.494 e. The van der Waals surface area contributed by atoms with Crippen LogP contribution in [0, 0.1) is 0 Å². The van der Waals surface area contributed by atoms with Gasteiger partial charge in [0.15, 0.2) is 5.79 Å². The van der Waals surface area contributed by atoms with E-state index >= 15 is 0 Å². The zero-order valence-electron chi connectivity index (χ0n) is 17.7. The van der Waals surface area contributed by atoms with E-state index in [-0.39, 0.29) is 12.6 Å². The summed E-state index contributed by atoms with van der Waals surface area (Å²) >= 11 is 0. The number of fused-ring (bicyclic) bond motifs is 1. The van der Waals surface area contributed by atoms with E-state index in [0.29, 0.717) is 30.8 Å². The Labute approximate surface area is 171 Å². The minimum atomic E-state index is -1.11. The molecular weight excluding hydrogens is 377 g/mol. The predicted octanol–water partition coefficient (Wildman–Crippen LogP) is 1.89. The fourth-order valence-electron chi connectivity index (χ4n) is 3.38. The maximum Gasteiger partial charge on any atom is 0.495 e. The number of hydrogen-bond donors (Lipinski definition) is 2. The van der Waals surface area contributed by atoms with Crippen LogP contribution in [0.1, 0.15) is 52.7 Å². The highest BCUT2D eigenvalue weighted by Crippen LogP contribution is 2.28. The number of benzene rings is 1. The van der Waals surface area contributed by atoms with Crippen molar-refractivity contribution in [3.63, 3.8) is 0 Å². The second-order valence-corrected chi connectivity index (χ2v) is 8.71. The lowest BCUT2D eigenvalue weighted by molar-refractivity contribution is -0.139. The molecule has 0 saturated carbocycles. The highest BCUT2D eigenvalue weighted by atomic mass is 16.7. The van der Waals surface area contributed by atoms with Crippen LogP contribution in [-0.2, 0) is 18.9 Å². The molecule has 3 rings (SSSR count). The van der Waals surface area contributed by atoms with Gasteiger partial charge in [0.1, 0.15) is 11.4 Å². The van der Waals surface area contributed by atoms with Crippen LogP contribution in [0.2, 0.25) is 0 Å². The maximum absolute atomic E-state index is 11.9. The Morgan fingerprint density at radius 2 is 2.14 bits per heavy atom. The van der Waals surface area contributed by atoms with Gasteiger partial charge in [-0.2, -0.15) is 0 Å². The van der Waals surface area contributed by atoms with Gasteiger partial charge in [-0.25, -0.2) is 4.79 Å². The molecule has 1 aromatic rings. The Balaban J connectivity index is 1.57. The molecule has 0 bridgehead atoms. The highest BCUT2D eigenvalue weighted by Gasteiger charge is 2.38. The zero-order valence-corrected chi connectivity index (χ0v) is 17.7. The van der Waals surface area contributed by atoms with E-state index in [1.807, 2.05) is 26.0 Å². The van der Waals surface area contributed by atoms with Crippen molar-refractivity contribution in [3.8, 4) is 5.75 Å². The predicted molar refractivity (Wildman–Crippen MR) is 107 cm³/mol. The van der Waals surface area contributed by atoms with E-state index in [9.17, 15) is 9.82 Å². The topological polar surface area (TPSA) is 95.5 Å². The van der Waals surface area contributed by atoms with Gasteiger partial charge in [0.2, 0.25) is 0 Å². The van der Waals surface area contributed by atoms with Gasteiger partial charge in [0, 0.05) is 18.4 Å². The third kappa shape index (κ3) is 5.85. The zero-order chi connectivity index (χ0) is 21.2. The molecule has 1 fully saturated rings. The second-order valence-electron chi connectivity index (χ2n) is 8.71. The normalized spacial score (nSPS) is 23.0. The molecule has 2 aliphatic rings. The van der Waals surface area contributed by atoms with Gasteiger partial charge >= 0.3 is 13.2 Å². The lowest BCUT2D eigenvalue weighted by Crippen LogP contribution is -2.35. The first-order valence-electron chi connectivity index (χ1n) is 9.92. The number of alkyl carbamates (subject to hydrolysis) is 1. The Bertz CT molecular complexity index is 734. The lowest BCUT2D eigenvalue weighted by Gasteiger charge is -2.21. The molecule has 0 aromatic heterocycles. The quantitative estimate of drug-likeness (QED) is 0.696. The summed E-state index contributed by atoms with van der Waals surface area (Å²) in [5.41, 5.74) is 0.794. The Morgan fingerprint density at radius 1 is 1.38 bits per heavy atom. The molecule has 1 unspecified atom stereocenters. The second kappa shape index (κ2) is 8.51. The van der Waals surface area contributed by atoms with E-state index in [0.717, 1.165) is 5.56 Å². The summed E-state index contributed by atoms with van der Waals surface area (Å²) in [5, 5.41) is 13.1. The number of carbonyl (C=O) groups excluding carboxylic acids is 1. The smallest absolute Gasteiger partial charge is 0.494 e. The van der Waals surface area contributed by atoms with Crippen molar-refractivity contribution in [3.05, 3.63) is 23.8 Å². The van der Waals surface area contributed by atoms with E-state index in [2.05, 4.69) is 5.32 Å². The Morgan fingerprint density at radius 3 is 2.79 bits per heavy atom. The summed E-state index contributed by atoms with van der Waals surface area (Å²) in [6.45, 7) is 10.3. The lowest BCUT2D eigenvalue weighted by atomic mass is 9.78. The van der Waals surface area contributed by atoms with Crippen LogP contribution in [0.25, 0.3) is 0 Å². The summed E-state index contributed by atoms with van der Waals surface area (Å²) in [7, 11) is -1.11. The van der Waals surface area contributed by atoms with Crippen LogP contribution in [0.3, 0.4) is 0 Å². The summed E-state index contributed by atoms with van der Waals surface area (Å²) in [4.78, 5) is 11.9. The van der Waals surface area contributed by atoms with Crippen molar-refractivity contribution in [2.24, 2.45) is 0 Å². The van der Waals surface area contributed by atoms with Crippen LogP contribution >= 0.6 is 0 Å². The molecule has 160 valence electrons. The van der Waals surface area contributed by atoms with E-state index < -0.39 is 30.7 Å². The molecule has 2 aliphatic heterocycles. The maximum atomic E-state index is 11.9. The third-order valence-electron chi connectivity index (χ3n) is 4.58. The van der Waals surface area contributed by atoms with Crippen molar-refractivity contribution < 1.29 is 33.4 Å². The van der Waals surface area contributed by atoms with Crippen molar-refractivity contribution in [2.75, 3.05) is 19.8 Å². The van der Waals surface area contributed by atoms with Crippen molar-refractivity contribution in [1.29, 1.82) is 0 Å². The first-order valence-corrected chi connectivity index (χ1v) is 9.92. The number of ether oxygens (including phenoxy) is 4. The van der Waals surface area contributed by atoms with E-state index in [1.165, 1.54) is 0 Å². The molecule has 0 radical (unpaired) electrons. The standard InChI is InChI=1S/C20H30BNO7/c1-19(2,3)28-18(23)22-11-16-14-7-6-8-15(17(14)21(24)29-16)25-10-9-13-12-26-20(4,5)27-13/h6-8,13,16,24H,9-12H2,1-5H3,(H,22,23)/t13-,16?/m0/s1. The van der Waals surface area contributed by atoms with Gasteiger partial charge < -0.3 is 33.9 Å². The van der Waals surface area contributed by atoms with Crippen LogP contribution in [0.15, 0.2) is 18.2 Å². The van der Waals surface area contributed by atoms with Crippen molar-refractivity contribution in [2.45, 2.75) is 64.6 Å². The average molecular weight is 407 g/mol. The molecule has 2 heterocycles. The fourth-order valence-corrected chi connectivity index (χ4v) is 3.38. The van der Waals surface area contributed by atoms with Crippen LogP contribution in [0.5, 0.6) is 5.75 Å². The third-order valence-corrected chi connectivity index (χ3v) is 4.58. The minimum absolute atomic E-state index is 0.0197. The molecule has 2 N–H and O–H groups in total. The fraction of sp³-hybridized carbons (Fsp3) is 0.650. The van der Waals surface area contributed by atoms with Gasteiger partial charge in [-0.15, -0.1) is 0 Å². The van der Waals surface area contributed by atoms with Gasteiger partial charge in [-0.05, 0) is 46.2 Å². The Hall–Kier alpha value is -1.81. The SMILES string of the molecule is CC(C)(C)OC(=O)NCC1OB(O)c2c(OCC[C@H]3COC(C)(C)O3)cccc21. The number of nitrogens with one attached hydrogen (secondary N) is 1.